The molecule has 2 rings (SSSR count). The van der Waals surface area contributed by atoms with Crippen LogP contribution in [0.25, 0.3) is 0 Å². The number of aromatic nitrogens is 2. The molecule has 17 heavy (non-hydrogen) atoms. The van der Waals surface area contributed by atoms with E-state index in [0.29, 0.717) is 12.1 Å². The van der Waals surface area contributed by atoms with Gasteiger partial charge in [0.15, 0.2) is 0 Å². The number of nitrogens with two attached hydrogens (primary N) is 1. The fourth-order valence-corrected chi connectivity index (χ4v) is 1.63. The van der Waals surface area contributed by atoms with Crippen molar-refractivity contribution in [1.29, 1.82) is 0 Å². The van der Waals surface area contributed by atoms with Crippen LogP contribution in [0.2, 0.25) is 5.28 Å². The first-order valence-corrected chi connectivity index (χ1v) is 5.46. The van der Waals surface area contributed by atoms with Crippen LogP contribution in [0.15, 0.2) is 30.5 Å². The van der Waals surface area contributed by atoms with Gasteiger partial charge in [0.25, 0.3) is 0 Å². The number of anilines is 1. The summed E-state index contributed by atoms with van der Waals surface area (Å²) in [5.74, 6) is 0.822. The molecule has 0 saturated carbocycles. The van der Waals surface area contributed by atoms with E-state index in [1.807, 2.05) is 24.3 Å². The van der Waals surface area contributed by atoms with Crippen molar-refractivity contribution in [2.45, 2.75) is 6.42 Å². The SMILES string of the molecule is COc1ccc(Cc2nc(Cl)ncc2N)cc1. The third-order valence-corrected chi connectivity index (χ3v) is 2.58. The molecule has 0 spiro atoms. The van der Waals surface area contributed by atoms with E-state index in [1.165, 1.54) is 6.20 Å². The summed E-state index contributed by atoms with van der Waals surface area (Å²) in [6, 6.07) is 7.73. The highest BCUT2D eigenvalue weighted by atomic mass is 35.5. The number of methoxy groups -OCH3 is 1. The summed E-state index contributed by atoms with van der Waals surface area (Å²) in [6.45, 7) is 0. The zero-order chi connectivity index (χ0) is 12.3. The lowest BCUT2D eigenvalue weighted by atomic mass is 10.1. The zero-order valence-corrected chi connectivity index (χ0v) is 10.1. The molecule has 0 radical (unpaired) electrons. The first-order valence-electron chi connectivity index (χ1n) is 5.09. The van der Waals surface area contributed by atoms with Crippen molar-refractivity contribution in [3.05, 3.63) is 47.0 Å². The van der Waals surface area contributed by atoms with E-state index < -0.39 is 0 Å². The van der Waals surface area contributed by atoms with E-state index in [2.05, 4.69) is 9.97 Å². The molecule has 0 unspecified atom stereocenters. The number of hydrogen-bond donors (Lipinski definition) is 1. The molecule has 4 nitrogen and oxygen atoms in total. The highest BCUT2D eigenvalue weighted by Crippen LogP contribution is 2.17. The number of benzene rings is 1. The number of ether oxygens (including phenoxy) is 1. The van der Waals surface area contributed by atoms with Crippen molar-refractivity contribution >= 4 is 17.3 Å². The predicted octanol–water partition coefficient (Wildman–Crippen LogP) is 2.31. The van der Waals surface area contributed by atoms with Crippen molar-refractivity contribution in [3.8, 4) is 5.75 Å². The molecular weight excluding hydrogens is 238 g/mol. The maximum atomic E-state index is 5.79. The zero-order valence-electron chi connectivity index (χ0n) is 9.35. The Kier molecular flexibility index (Phi) is 3.44. The number of halogens is 1. The standard InChI is InChI=1S/C12H12ClN3O/c1-17-9-4-2-8(3-5-9)6-11-10(14)7-15-12(13)16-11/h2-5,7H,6,14H2,1H3. The van der Waals surface area contributed by atoms with Crippen LogP contribution in [0.1, 0.15) is 11.3 Å². The minimum atomic E-state index is 0.211. The van der Waals surface area contributed by atoms with Gasteiger partial charge in [0.1, 0.15) is 5.75 Å². The van der Waals surface area contributed by atoms with Gasteiger partial charge in [-0.3, -0.25) is 0 Å². The van der Waals surface area contributed by atoms with Crippen LogP contribution >= 0.6 is 11.6 Å². The maximum absolute atomic E-state index is 5.79. The van der Waals surface area contributed by atoms with Gasteiger partial charge in [-0.1, -0.05) is 12.1 Å². The third kappa shape index (κ3) is 2.85. The summed E-state index contributed by atoms with van der Waals surface area (Å²) in [5.41, 5.74) is 8.15. The van der Waals surface area contributed by atoms with Gasteiger partial charge in [0, 0.05) is 6.42 Å². The first-order chi connectivity index (χ1) is 8.19. The van der Waals surface area contributed by atoms with Gasteiger partial charge in [0.2, 0.25) is 5.28 Å². The molecule has 2 aromatic rings. The quantitative estimate of drug-likeness (QED) is 0.848. The van der Waals surface area contributed by atoms with Crippen molar-refractivity contribution in [2.24, 2.45) is 0 Å². The molecule has 1 heterocycles. The van der Waals surface area contributed by atoms with E-state index in [-0.39, 0.29) is 5.28 Å². The van der Waals surface area contributed by atoms with Crippen LogP contribution in [0.3, 0.4) is 0 Å². The minimum absolute atomic E-state index is 0.211. The van der Waals surface area contributed by atoms with Crippen LogP contribution in [0.5, 0.6) is 5.75 Å². The Morgan fingerprint density at radius 2 is 2.00 bits per heavy atom. The van der Waals surface area contributed by atoms with E-state index in [9.17, 15) is 0 Å². The molecule has 1 aromatic carbocycles. The summed E-state index contributed by atoms with van der Waals surface area (Å²) in [6.07, 6.45) is 2.15. The predicted molar refractivity (Wildman–Crippen MR) is 67.3 cm³/mol. The Morgan fingerprint density at radius 1 is 1.29 bits per heavy atom. The minimum Gasteiger partial charge on any atom is -0.497 e. The summed E-state index contributed by atoms with van der Waals surface area (Å²) >= 11 is 5.73. The van der Waals surface area contributed by atoms with E-state index in [0.717, 1.165) is 17.0 Å². The van der Waals surface area contributed by atoms with Crippen molar-refractivity contribution in [2.75, 3.05) is 12.8 Å². The highest BCUT2D eigenvalue weighted by Gasteiger charge is 2.04. The second-order valence-electron chi connectivity index (χ2n) is 3.57. The Morgan fingerprint density at radius 3 is 2.65 bits per heavy atom. The lowest BCUT2D eigenvalue weighted by Gasteiger charge is -2.05. The van der Waals surface area contributed by atoms with Gasteiger partial charge >= 0.3 is 0 Å². The molecule has 0 aliphatic rings. The molecule has 0 aliphatic heterocycles. The van der Waals surface area contributed by atoms with Crippen LogP contribution in [-0.4, -0.2) is 17.1 Å². The fourth-order valence-electron chi connectivity index (χ4n) is 1.48. The number of nitrogens with zero attached hydrogens (tertiary/aromatic N) is 2. The number of hydrogen-bond acceptors (Lipinski definition) is 4. The van der Waals surface area contributed by atoms with Crippen LogP contribution in [-0.2, 0) is 6.42 Å². The van der Waals surface area contributed by atoms with Crippen molar-refractivity contribution in [3.63, 3.8) is 0 Å². The van der Waals surface area contributed by atoms with E-state index >= 15 is 0 Å². The number of nitrogen functional groups attached to an aromatic ring is 1. The van der Waals surface area contributed by atoms with Gasteiger partial charge in [-0.2, -0.15) is 0 Å². The summed E-state index contributed by atoms with van der Waals surface area (Å²) in [4.78, 5) is 7.93. The molecule has 0 fully saturated rings. The normalized spacial score (nSPS) is 10.2. The largest absolute Gasteiger partial charge is 0.497 e. The Hall–Kier alpha value is -1.81. The molecule has 0 amide bonds. The smallest absolute Gasteiger partial charge is 0.222 e. The second kappa shape index (κ2) is 5.01. The average molecular weight is 250 g/mol. The lowest BCUT2D eigenvalue weighted by Crippen LogP contribution is -2.01. The first kappa shape index (κ1) is 11.7. The molecular formula is C12H12ClN3O. The van der Waals surface area contributed by atoms with Crippen LogP contribution in [0, 0.1) is 0 Å². The molecule has 0 saturated heterocycles. The monoisotopic (exact) mass is 249 g/mol. The average Bonchev–Trinajstić information content (AvgIpc) is 2.35. The highest BCUT2D eigenvalue weighted by molar-refractivity contribution is 6.28. The Balaban J connectivity index is 2.22. The van der Waals surface area contributed by atoms with Crippen molar-refractivity contribution < 1.29 is 4.74 Å². The molecule has 0 atom stereocenters. The fraction of sp³-hybridized carbons (Fsp3) is 0.167. The Bertz CT molecular complexity index is 514. The molecule has 1 aromatic heterocycles. The lowest BCUT2D eigenvalue weighted by molar-refractivity contribution is 0.414. The summed E-state index contributed by atoms with van der Waals surface area (Å²) in [7, 11) is 1.64. The summed E-state index contributed by atoms with van der Waals surface area (Å²) in [5, 5.41) is 0.211. The maximum Gasteiger partial charge on any atom is 0.222 e. The van der Waals surface area contributed by atoms with Gasteiger partial charge < -0.3 is 10.5 Å². The molecule has 88 valence electrons. The second-order valence-corrected chi connectivity index (χ2v) is 3.90. The van der Waals surface area contributed by atoms with Gasteiger partial charge in [-0.25, -0.2) is 9.97 Å². The van der Waals surface area contributed by atoms with E-state index in [4.69, 9.17) is 22.1 Å². The van der Waals surface area contributed by atoms with E-state index in [1.54, 1.807) is 7.11 Å². The Labute approximate surface area is 104 Å². The van der Waals surface area contributed by atoms with Gasteiger partial charge in [-0.05, 0) is 29.3 Å². The van der Waals surface area contributed by atoms with Crippen LogP contribution in [0.4, 0.5) is 5.69 Å². The van der Waals surface area contributed by atoms with Gasteiger partial charge in [-0.15, -0.1) is 0 Å². The van der Waals surface area contributed by atoms with Crippen LogP contribution < -0.4 is 10.5 Å². The van der Waals surface area contributed by atoms with Gasteiger partial charge in [0.05, 0.1) is 24.7 Å². The topological polar surface area (TPSA) is 61.0 Å². The molecule has 2 N–H and O–H groups in total. The van der Waals surface area contributed by atoms with Crippen molar-refractivity contribution in [1.82, 2.24) is 9.97 Å². The molecule has 0 aliphatic carbocycles. The number of rotatable bonds is 3. The molecule has 5 heteroatoms. The molecule has 0 bridgehead atoms. The summed E-state index contributed by atoms with van der Waals surface area (Å²) < 4.78 is 5.09. The third-order valence-electron chi connectivity index (χ3n) is 2.40.